The Morgan fingerprint density at radius 2 is 1.62 bits per heavy atom. The molecule has 2 saturated heterocycles. The van der Waals surface area contributed by atoms with E-state index in [1.807, 2.05) is 29.3 Å². The number of imidazole rings is 1. The van der Waals surface area contributed by atoms with Gasteiger partial charge in [0, 0.05) is 63.5 Å². The molecule has 6 heteroatoms. The van der Waals surface area contributed by atoms with E-state index in [0.717, 1.165) is 56.7 Å². The molecule has 0 aliphatic carbocycles. The zero-order valence-electron chi connectivity index (χ0n) is 17.2. The van der Waals surface area contributed by atoms with Crippen LogP contribution >= 0.6 is 0 Å². The second kappa shape index (κ2) is 8.80. The minimum Gasteiger partial charge on any atom is -0.343 e. The van der Waals surface area contributed by atoms with E-state index in [9.17, 15) is 9.59 Å². The first-order chi connectivity index (χ1) is 14.1. The Morgan fingerprint density at radius 1 is 0.966 bits per heavy atom. The third kappa shape index (κ3) is 4.52. The fourth-order valence-corrected chi connectivity index (χ4v) is 4.62. The van der Waals surface area contributed by atoms with Crippen LogP contribution in [-0.4, -0.2) is 57.3 Å². The van der Waals surface area contributed by atoms with Crippen LogP contribution in [0.25, 0.3) is 11.4 Å². The summed E-state index contributed by atoms with van der Waals surface area (Å²) >= 11 is 0. The van der Waals surface area contributed by atoms with Gasteiger partial charge in [0.25, 0.3) is 0 Å². The molecule has 1 aromatic heterocycles. The van der Waals surface area contributed by atoms with Gasteiger partial charge in [-0.1, -0.05) is 30.3 Å². The molecule has 6 nitrogen and oxygen atoms in total. The molecule has 29 heavy (non-hydrogen) atoms. The summed E-state index contributed by atoms with van der Waals surface area (Å²) in [5.41, 5.74) is 1.14. The van der Waals surface area contributed by atoms with E-state index in [1.54, 1.807) is 6.92 Å². The molecule has 3 heterocycles. The van der Waals surface area contributed by atoms with Gasteiger partial charge in [-0.3, -0.25) is 9.59 Å². The number of carbonyl (C=O) groups excluding carboxylic acids is 2. The number of amides is 2. The average molecular weight is 395 g/mol. The summed E-state index contributed by atoms with van der Waals surface area (Å²) in [6.45, 7) is 5.66. The van der Waals surface area contributed by atoms with Crippen LogP contribution in [0.1, 0.15) is 32.6 Å². The van der Waals surface area contributed by atoms with Crippen LogP contribution in [0.5, 0.6) is 0 Å². The highest BCUT2D eigenvalue weighted by atomic mass is 16.2. The summed E-state index contributed by atoms with van der Waals surface area (Å²) in [5.74, 6) is 2.07. The zero-order chi connectivity index (χ0) is 20.2. The SMILES string of the molecule is CC(=O)N1CCC(C(=O)N2CCC(Cn3ccnc3-c3ccccc3)CC2)CC1. The molecule has 2 aromatic rings. The number of piperidine rings is 2. The van der Waals surface area contributed by atoms with Crippen LogP contribution in [0, 0.1) is 11.8 Å². The number of likely N-dealkylation sites (tertiary alicyclic amines) is 2. The molecule has 2 fully saturated rings. The molecule has 2 aliphatic rings. The number of nitrogens with zero attached hydrogens (tertiary/aromatic N) is 4. The average Bonchev–Trinajstić information content (AvgIpc) is 3.22. The Morgan fingerprint density at radius 3 is 2.28 bits per heavy atom. The van der Waals surface area contributed by atoms with E-state index < -0.39 is 0 Å². The number of aromatic nitrogens is 2. The number of carbonyl (C=O) groups is 2. The van der Waals surface area contributed by atoms with Crippen molar-refractivity contribution in [1.29, 1.82) is 0 Å². The third-order valence-corrected chi connectivity index (χ3v) is 6.42. The van der Waals surface area contributed by atoms with E-state index in [2.05, 4.69) is 32.8 Å². The second-order valence-electron chi connectivity index (χ2n) is 8.32. The largest absolute Gasteiger partial charge is 0.343 e. The van der Waals surface area contributed by atoms with Gasteiger partial charge in [0.05, 0.1) is 0 Å². The first kappa shape index (κ1) is 19.7. The highest BCUT2D eigenvalue weighted by molar-refractivity contribution is 5.79. The maximum absolute atomic E-state index is 12.9. The first-order valence-electron chi connectivity index (χ1n) is 10.7. The van der Waals surface area contributed by atoms with Crippen molar-refractivity contribution in [3.63, 3.8) is 0 Å². The standard InChI is InChI=1S/C23H30N4O2/c1-18(28)25-14-9-21(10-15-25)23(29)26-12-7-19(8-13-26)17-27-16-11-24-22(27)20-5-3-2-4-6-20/h2-6,11,16,19,21H,7-10,12-15,17H2,1H3. The van der Waals surface area contributed by atoms with Crippen molar-refractivity contribution in [3.8, 4) is 11.4 Å². The van der Waals surface area contributed by atoms with Crippen molar-refractivity contribution in [3.05, 3.63) is 42.7 Å². The van der Waals surface area contributed by atoms with Crippen molar-refractivity contribution in [1.82, 2.24) is 19.4 Å². The summed E-state index contributed by atoms with van der Waals surface area (Å²) in [5, 5.41) is 0. The van der Waals surface area contributed by atoms with Crippen molar-refractivity contribution < 1.29 is 9.59 Å². The Bertz CT molecular complexity index is 832. The Balaban J connectivity index is 1.29. The first-order valence-corrected chi connectivity index (χ1v) is 10.7. The third-order valence-electron chi connectivity index (χ3n) is 6.42. The second-order valence-corrected chi connectivity index (χ2v) is 8.32. The molecule has 0 saturated carbocycles. The molecule has 1 aromatic carbocycles. The lowest BCUT2D eigenvalue weighted by molar-refractivity contribution is -0.141. The summed E-state index contributed by atoms with van der Waals surface area (Å²) < 4.78 is 2.25. The lowest BCUT2D eigenvalue weighted by atomic mass is 9.92. The molecular weight excluding hydrogens is 364 g/mol. The molecule has 0 unspecified atom stereocenters. The van der Waals surface area contributed by atoms with Crippen molar-refractivity contribution >= 4 is 11.8 Å². The van der Waals surface area contributed by atoms with Crippen LogP contribution in [0.4, 0.5) is 0 Å². The van der Waals surface area contributed by atoms with Crippen LogP contribution in [0.2, 0.25) is 0 Å². The molecule has 0 radical (unpaired) electrons. The monoisotopic (exact) mass is 394 g/mol. The predicted molar refractivity (Wildman–Crippen MR) is 112 cm³/mol. The molecular formula is C23H30N4O2. The molecule has 0 atom stereocenters. The van der Waals surface area contributed by atoms with Crippen molar-refractivity contribution in [2.45, 2.75) is 39.2 Å². The van der Waals surface area contributed by atoms with E-state index in [4.69, 9.17) is 0 Å². The van der Waals surface area contributed by atoms with Gasteiger partial charge in [-0.25, -0.2) is 4.98 Å². The van der Waals surface area contributed by atoms with Crippen LogP contribution < -0.4 is 0 Å². The lowest BCUT2D eigenvalue weighted by Gasteiger charge is -2.37. The normalized spacial score (nSPS) is 18.8. The number of hydrogen-bond donors (Lipinski definition) is 0. The maximum Gasteiger partial charge on any atom is 0.225 e. The van der Waals surface area contributed by atoms with E-state index >= 15 is 0 Å². The zero-order valence-corrected chi connectivity index (χ0v) is 17.2. The Kier molecular flexibility index (Phi) is 5.97. The molecule has 0 N–H and O–H groups in total. The summed E-state index contributed by atoms with van der Waals surface area (Å²) in [7, 11) is 0. The van der Waals surface area contributed by atoms with Crippen molar-refractivity contribution in [2.75, 3.05) is 26.2 Å². The number of rotatable bonds is 4. The number of hydrogen-bond acceptors (Lipinski definition) is 3. The van der Waals surface area contributed by atoms with Crippen LogP contribution in [-0.2, 0) is 16.1 Å². The summed E-state index contributed by atoms with van der Waals surface area (Å²) in [6.07, 6.45) is 7.59. The quantitative estimate of drug-likeness (QED) is 0.801. The van der Waals surface area contributed by atoms with Gasteiger partial charge >= 0.3 is 0 Å². The lowest BCUT2D eigenvalue weighted by Crippen LogP contribution is -2.46. The fraction of sp³-hybridized carbons (Fsp3) is 0.522. The van der Waals surface area contributed by atoms with E-state index in [1.165, 1.54) is 0 Å². The van der Waals surface area contributed by atoms with Crippen LogP contribution in [0.3, 0.4) is 0 Å². The van der Waals surface area contributed by atoms with Crippen molar-refractivity contribution in [2.24, 2.45) is 11.8 Å². The van der Waals surface area contributed by atoms with Crippen LogP contribution in [0.15, 0.2) is 42.7 Å². The Labute approximate surface area is 172 Å². The number of benzene rings is 1. The fourth-order valence-electron chi connectivity index (χ4n) is 4.62. The van der Waals surface area contributed by atoms with Gasteiger partial charge in [0.2, 0.25) is 11.8 Å². The van der Waals surface area contributed by atoms with Gasteiger partial charge in [-0.2, -0.15) is 0 Å². The van der Waals surface area contributed by atoms with E-state index in [-0.39, 0.29) is 11.8 Å². The molecule has 0 spiro atoms. The molecule has 154 valence electrons. The molecule has 2 amide bonds. The highest BCUT2D eigenvalue weighted by Gasteiger charge is 2.31. The highest BCUT2D eigenvalue weighted by Crippen LogP contribution is 2.26. The molecule has 4 rings (SSSR count). The minimum atomic E-state index is 0.0838. The summed E-state index contributed by atoms with van der Waals surface area (Å²) in [6, 6.07) is 10.3. The summed E-state index contributed by atoms with van der Waals surface area (Å²) in [4.78, 5) is 32.8. The van der Waals surface area contributed by atoms with Gasteiger partial charge in [-0.15, -0.1) is 0 Å². The Hall–Kier alpha value is -2.63. The smallest absolute Gasteiger partial charge is 0.225 e. The minimum absolute atomic E-state index is 0.0838. The van der Waals surface area contributed by atoms with Gasteiger partial charge in [0.15, 0.2) is 0 Å². The maximum atomic E-state index is 12.9. The predicted octanol–water partition coefficient (Wildman–Crippen LogP) is 3.05. The van der Waals surface area contributed by atoms with Gasteiger partial charge in [-0.05, 0) is 31.6 Å². The topological polar surface area (TPSA) is 58.4 Å². The van der Waals surface area contributed by atoms with Gasteiger partial charge in [0.1, 0.15) is 5.82 Å². The molecule has 0 bridgehead atoms. The van der Waals surface area contributed by atoms with E-state index in [0.29, 0.717) is 24.9 Å². The van der Waals surface area contributed by atoms with Gasteiger partial charge < -0.3 is 14.4 Å². The molecule has 2 aliphatic heterocycles.